The van der Waals surface area contributed by atoms with Crippen LogP contribution in [0.5, 0.6) is 0 Å². The van der Waals surface area contributed by atoms with Gasteiger partial charge in [0, 0.05) is 25.6 Å². The van der Waals surface area contributed by atoms with Gasteiger partial charge in [0.2, 0.25) is 0 Å². The van der Waals surface area contributed by atoms with Crippen LogP contribution in [0.1, 0.15) is 84.5 Å². The summed E-state index contributed by atoms with van der Waals surface area (Å²) in [5, 5.41) is 2.93. The molecule has 0 saturated carbocycles. The highest BCUT2D eigenvalue weighted by atomic mass is 16.2. The van der Waals surface area contributed by atoms with Gasteiger partial charge in [0.05, 0.1) is 7.05 Å². The van der Waals surface area contributed by atoms with Crippen LogP contribution in [0.25, 0.3) is 0 Å². The Morgan fingerprint density at radius 2 is 1.47 bits per heavy atom. The predicted octanol–water partition coefficient (Wildman–Crippen LogP) is 5.47. The average Bonchev–Trinajstić information content (AvgIpc) is 2.73. The van der Waals surface area contributed by atoms with Crippen LogP contribution in [0.2, 0.25) is 0 Å². The smallest absolute Gasteiger partial charge is 0.281 e. The van der Waals surface area contributed by atoms with Crippen molar-refractivity contribution in [2.75, 3.05) is 26.0 Å². The number of hydrogen-bond acceptors (Lipinski definition) is 3. The van der Waals surface area contributed by atoms with Crippen LogP contribution < -0.4 is 10.7 Å². The summed E-state index contributed by atoms with van der Waals surface area (Å²) in [5.74, 6) is 0.164. The molecule has 1 amide bonds. The maximum absolute atomic E-state index is 12.9. The SMILES string of the molecule is CCCCCCCCCCCC(=O)C(CC)[N+](C)(CC(=O)Nc1ccccc1)NC. The van der Waals surface area contributed by atoms with Gasteiger partial charge in [0.25, 0.3) is 5.91 Å². The molecule has 0 aromatic heterocycles. The third kappa shape index (κ3) is 9.86. The minimum Gasteiger partial charge on any atom is -0.321 e. The molecular weight excluding hydrogens is 374 g/mol. The first-order chi connectivity index (χ1) is 14.5. The molecule has 1 aromatic carbocycles. The lowest BCUT2D eigenvalue weighted by Gasteiger charge is -2.38. The molecule has 170 valence electrons. The molecule has 0 saturated heterocycles. The molecule has 5 heteroatoms. The minimum absolute atomic E-state index is 0.0904. The van der Waals surface area contributed by atoms with Crippen molar-refractivity contribution in [3.63, 3.8) is 0 Å². The van der Waals surface area contributed by atoms with Crippen LogP contribution in [0.4, 0.5) is 5.69 Å². The first-order valence-electron chi connectivity index (χ1n) is 11.9. The minimum atomic E-state index is -0.217. The molecule has 1 aromatic rings. The summed E-state index contributed by atoms with van der Waals surface area (Å²) in [6.45, 7) is 4.49. The molecule has 0 radical (unpaired) electrons. The highest BCUT2D eigenvalue weighted by Crippen LogP contribution is 2.17. The van der Waals surface area contributed by atoms with Crippen LogP contribution in [0, 0.1) is 0 Å². The number of carbonyl (C=O) groups excluding carboxylic acids is 2. The number of unbranched alkanes of at least 4 members (excludes halogenated alkanes) is 8. The molecule has 0 aliphatic heterocycles. The number of anilines is 1. The lowest BCUT2D eigenvalue weighted by molar-refractivity contribution is -0.957. The summed E-state index contributed by atoms with van der Waals surface area (Å²) in [5.41, 5.74) is 3.99. The van der Waals surface area contributed by atoms with Gasteiger partial charge in [-0.05, 0) is 18.6 Å². The van der Waals surface area contributed by atoms with Crippen molar-refractivity contribution < 1.29 is 14.2 Å². The van der Waals surface area contributed by atoms with Gasteiger partial charge in [-0.15, -0.1) is 0 Å². The fourth-order valence-electron chi connectivity index (χ4n) is 4.09. The number of Topliss-reactive ketones (excluding diaryl/α,β-unsaturated/α-hetero) is 1. The van der Waals surface area contributed by atoms with Crippen molar-refractivity contribution >= 4 is 17.4 Å². The average molecular weight is 419 g/mol. The fourth-order valence-corrected chi connectivity index (χ4v) is 4.09. The second-order valence-electron chi connectivity index (χ2n) is 8.53. The Morgan fingerprint density at radius 1 is 0.900 bits per heavy atom. The number of benzene rings is 1. The van der Waals surface area contributed by atoms with E-state index in [1.807, 2.05) is 51.4 Å². The van der Waals surface area contributed by atoms with Crippen LogP contribution in [-0.4, -0.2) is 43.0 Å². The van der Waals surface area contributed by atoms with Crippen LogP contribution >= 0.6 is 0 Å². The first-order valence-corrected chi connectivity index (χ1v) is 11.9. The van der Waals surface area contributed by atoms with Gasteiger partial charge in [0.15, 0.2) is 18.4 Å². The van der Waals surface area contributed by atoms with Gasteiger partial charge < -0.3 is 5.32 Å². The van der Waals surface area contributed by atoms with Gasteiger partial charge in [-0.3, -0.25) is 9.59 Å². The molecule has 0 aliphatic rings. The number of hydrogen-bond donors (Lipinski definition) is 2. The van der Waals surface area contributed by atoms with Crippen LogP contribution in [0.3, 0.4) is 0 Å². The summed E-state index contributed by atoms with van der Waals surface area (Å²) in [4.78, 5) is 25.5. The molecule has 30 heavy (non-hydrogen) atoms. The molecule has 2 N–H and O–H groups in total. The summed E-state index contributed by atoms with van der Waals surface area (Å²) in [6.07, 6.45) is 12.5. The third-order valence-corrected chi connectivity index (χ3v) is 6.01. The van der Waals surface area contributed by atoms with E-state index in [2.05, 4.69) is 17.7 Å². The van der Waals surface area contributed by atoms with Gasteiger partial charge in [-0.2, -0.15) is 5.43 Å². The van der Waals surface area contributed by atoms with Crippen LogP contribution in [0.15, 0.2) is 30.3 Å². The quantitative estimate of drug-likeness (QED) is 0.200. The maximum atomic E-state index is 12.9. The van der Waals surface area contributed by atoms with E-state index in [9.17, 15) is 9.59 Å². The Labute approximate surface area is 184 Å². The van der Waals surface area contributed by atoms with E-state index in [0.29, 0.717) is 12.8 Å². The van der Waals surface area contributed by atoms with E-state index in [4.69, 9.17) is 0 Å². The zero-order chi connectivity index (χ0) is 22.2. The molecule has 0 fully saturated rings. The number of quaternary nitrogens is 1. The van der Waals surface area contributed by atoms with Crippen molar-refractivity contribution in [3.05, 3.63) is 30.3 Å². The fraction of sp³-hybridized carbons (Fsp3) is 0.680. The van der Waals surface area contributed by atoms with E-state index in [-0.39, 0.29) is 28.9 Å². The number of para-hydroxylation sites is 1. The maximum Gasteiger partial charge on any atom is 0.281 e. The van der Waals surface area contributed by atoms with Crippen LogP contribution in [-0.2, 0) is 9.59 Å². The monoisotopic (exact) mass is 418 g/mol. The molecule has 0 spiro atoms. The molecule has 2 unspecified atom stereocenters. The number of ketones is 1. The number of likely N-dealkylation sites (N-methyl/N-ethyl adjacent to an activating group) is 1. The highest BCUT2D eigenvalue weighted by Gasteiger charge is 2.38. The number of amides is 1. The Kier molecular flexibility index (Phi) is 13.3. The van der Waals surface area contributed by atoms with Crippen molar-refractivity contribution in [2.24, 2.45) is 0 Å². The summed E-state index contributed by atoms with van der Waals surface area (Å²) in [7, 11) is 3.76. The summed E-state index contributed by atoms with van der Waals surface area (Å²) in [6, 6.07) is 9.23. The van der Waals surface area contributed by atoms with Crippen molar-refractivity contribution in [1.82, 2.24) is 5.43 Å². The normalized spacial score (nSPS) is 14.1. The van der Waals surface area contributed by atoms with Crippen molar-refractivity contribution in [1.29, 1.82) is 0 Å². The zero-order valence-corrected chi connectivity index (χ0v) is 19.7. The van der Waals surface area contributed by atoms with Gasteiger partial charge in [-0.25, -0.2) is 4.59 Å². The largest absolute Gasteiger partial charge is 0.321 e. The number of nitrogens with zero attached hydrogens (tertiary/aromatic N) is 1. The van der Waals surface area contributed by atoms with Crippen molar-refractivity contribution in [3.8, 4) is 0 Å². The van der Waals surface area contributed by atoms with Gasteiger partial charge in [0.1, 0.15) is 0 Å². The van der Waals surface area contributed by atoms with E-state index in [1.54, 1.807) is 0 Å². The van der Waals surface area contributed by atoms with E-state index < -0.39 is 0 Å². The molecule has 5 nitrogen and oxygen atoms in total. The second-order valence-corrected chi connectivity index (χ2v) is 8.53. The molecule has 0 aliphatic carbocycles. The molecule has 0 bridgehead atoms. The Morgan fingerprint density at radius 3 is 2.00 bits per heavy atom. The standard InChI is InChI=1S/C25H43N3O2/c1-5-7-8-9-10-11-12-13-17-20-24(29)23(6-2)28(4,26-3)21-25(30)27-22-18-15-14-16-19-22/h14-16,18-19,23,26H,5-13,17,20-21H2,1-4H3/p+1. The lowest BCUT2D eigenvalue weighted by Crippen LogP contribution is -2.64. The van der Waals surface area contributed by atoms with E-state index >= 15 is 0 Å². The lowest BCUT2D eigenvalue weighted by atomic mass is 10.0. The van der Waals surface area contributed by atoms with Gasteiger partial charge >= 0.3 is 0 Å². The van der Waals surface area contributed by atoms with Crippen molar-refractivity contribution in [2.45, 2.75) is 90.5 Å². The number of carbonyl (C=O) groups is 2. The first kappa shape index (κ1) is 26.3. The second kappa shape index (κ2) is 15.1. The molecule has 0 heterocycles. The highest BCUT2D eigenvalue weighted by molar-refractivity contribution is 5.92. The van der Waals surface area contributed by atoms with Gasteiger partial charge in [-0.1, -0.05) is 83.4 Å². The Hall–Kier alpha value is -1.72. The van der Waals surface area contributed by atoms with E-state index in [1.165, 1.54) is 44.9 Å². The summed E-state index contributed by atoms with van der Waals surface area (Å²) >= 11 is 0. The molecular formula is C25H44N3O2+. The molecule has 1 rings (SSSR count). The Balaban J connectivity index is 2.43. The molecule has 2 atom stereocenters. The predicted molar refractivity (Wildman–Crippen MR) is 126 cm³/mol. The Bertz CT molecular complexity index is 606. The zero-order valence-electron chi connectivity index (χ0n) is 19.7. The van der Waals surface area contributed by atoms with E-state index in [0.717, 1.165) is 18.5 Å². The topological polar surface area (TPSA) is 58.2 Å². The summed E-state index contributed by atoms with van der Waals surface area (Å²) < 4.78 is 0.228. The number of nitrogens with one attached hydrogen (secondary N) is 2. The number of rotatable bonds is 17. The third-order valence-electron chi connectivity index (χ3n) is 6.01.